The SMILES string of the molecule is Cc1ncn(-c2ccc(NC(=O)C3CCc4cn[nH]c43)cc2)c1C. The number of nitrogens with one attached hydrogen (secondary N) is 2. The maximum atomic E-state index is 12.5. The first-order valence-corrected chi connectivity index (χ1v) is 8.07. The van der Waals surface area contributed by atoms with Crippen molar-refractivity contribution in [2.75, 3.05) is 5.32 Å². The summed E-state index contributed by atoms with van der Waals surface area (Å²) >= 11 is 0. The molecule has 2 heterocycles. The molecule has 1 aliphatic rings. The topological polar surface area (TPSA) is 75.6 Å². The Kier molecular flexibility index (Phi) is 3.45. The Hall–Kier alpha value is -2.89. The van der Waals surface area contributed by atoms with Gasteiger partial charge in [0.15, 0.2) is 0 Å². The highest BCUT2D eigenvalue weighted by atomic mass is 16.1. The van der Waals surface area contributed by atoms with E-state index in [4.69, 9.17) is 0 Å². The largest absolute Gasteiger partial charge is 0.326 e. The first-order valence-electron chi connectivity index (χ1n) is 8.07. The van der Waals surface area contributed by atoms with Crippen molar-refractivity contribution >= 4 is 11.6 Å². The summed E-state index contributed by atoms with van der Waals surface area (Å²) in [6.07, 6.45) is 5.37. The lowest BCUT2D eigenvalue weighted by atomic mass is 10.1. The molecule has 0 radical (unpaired) electrons. The third-order valence-corrected chi connectivity index (χ3v) is 4.78. The van der Waals surface area contributed by atoms with Crippen LogP contribution in [0.2, 0.25) is 0 Å². The molecule has 0 fully saturated rings. The fourth-order valence-electron chi connectivity index (χ4n) is 3.22. The molecule has 1 atom stereocenters. The van der Waals surface area contributed by atoms with E-state index >= 15 is 0 Å². The molecule has 0 saturated heterocycles. The van der Waals surface area contributed by atoms with Gasteiger partial charge < -0.3 is 9.88 Å². The third kappa shape index (κ3) is 2.40. The maximum Gasteiger partial charge on any atom is 0.233 e. The highest BCUT2D eigenvalue weighted by molar-refractivity contribution is 5.96. The summed E-state index contributed by atoms with van der Waals surface area (Å²) < 4.78 is 2.04. The second kappa shape index (κ2) is 5.63. The number of hydrogen-bond donors (Lipinski definition) is 2. The van der Waals surface area contributed by atoms with Crippen LogP contribution in [0.15, 0.2) is 36.8 Å². The van der Waals surface area contributed by atoms with Crippen LogP contribution in [0.1, 0.15) is 35.0 Å². The summed E-state index contributed by atoms with van der Waals surface area (Å²) in [6.45, 7) is 4.03. The van der Waals surface area contributed by atoms with Gasteiger partial charge in [0.1, 0.15) is 0 Å². The summed E-state index contributed by atoms with van der Waals surface area (Å²) in [6, 6.07) is 7.82. The zero-order valence-electron chi connectivity index (χ0n) is 13.7. The van der Waals surface area contributed by atoms with Crippen LogP contribution < -0.4 is 5.32 Å². The highest BCUT2D eigenvalue weighted by Gasteiger charge is 2.30. The van der Waals surface area contributed by atoms with Gasteiger partial charge in [-0.3, -0.25) is 9.89 Å². The summed E-state index contributed by atoms with van der Waals surface area (Å²) in [5.41, 5.74) is 6.06. The van der Waals surface area contributed by atoms with Crippen molar-refractivity contribution < 1.29 is 4.79 Å². The molecular formula is C18H19N5O. The fourth-order valence-corrected chi connectivity index (χ4v) is 3.22. The van der Waals surface area contributed by atoms with Crippen LogP contribution in [0.4, 0.5) is 5.69 Å². The second-order valence-corrected chi connectivity index (χ2v) is 6.22. The molecule has 3 aromatic rings. The number of anilines is 1. The number of fused-ring (bicyclic) bond motifs is 1. The Morgan fingerprint density at radius 2 is 2.08 bits per heavy atom. The van der Waals surface area contributed by atoms with Crippen molar-refractivity contribution in [3.8, 4) is 5.69 Å². The minimum atomic E-state index is -0.138. The monoisotopic (exact) mass is 321 g/mol. The van der Waals surface area contributed by atoms with Crippen molar-refractivity contribution in [3.63, 3.8) is 0 Å². The number of aryl methyl sites for hydroxylation is 2. The van der Waals surface area contributed by atoms with Crippen LogP contribution in [0.3, 0.4) is 0 Å². The van der Waals surface area contributed by atoms with Crippen LogP contribution in [-0.2, 0) is 11.2 Å². The Morgan fingerprint density at radius 3 is 2.79 bits per heavy atom. The number of amides is 1. The van der Waals surface area contributed by atoms with Gasteiger partial charge in [0.25, 0.3) is 0 Å². The van der Waals surface area contributed by atoms with Crippen LogP contribution >= 0.6 is 0 Å². The Morgan fingerprint density at radius 1 is 1.29 bits per heavy atom. The normalized spacial score (nSPS) is 16.2. The van der Waals surface area contributed by atoms with E-state index in [1.165, 1.54) is 0 Å². The molecule has 0 spiro atoms. The first kappa shape index (κ1) is 14.7. The van der Waals surface area contributed by atoms with Gasteiger partial charge in [-0.2, -0.15) is 5.10 Å². The van der Waals surface area contributed by atoms with E-state index in [-0.39, 0.29) is 11.8 Å². The Balaban J connectivity index is 1.50. The smallest absolute Gasteiger partial charge is 0.233 e. The van der Waals surface area contributed by atoms with Crippen molar-refractivity contribution in [3.05, 3.63) is 59.4 Å². The molecule has 24 heavy (non-hydrogen) atoms. The quantitative estimate of drug-likeness (QED) is 0.779. The van der Waals surface area contributed by atoms with E-state index in [0.717, 1.165) is 46.9 Å². The highest BCUT2D eigenvalue weighted by Crippen LogP contribution is 2.32. The molecule has 4 rings (SSSR count). The molecule has 0 aliphatic heterocycles. The van der Waals surface area contributed by atoms with Crippen molar-refractivity contribution in [1.29, 1.82) is 0 Å². The fraction of sp³-hybridized carbons (Fsp3) is 0.278. The van der Waals surface area contributed by atoms with E-state index in [0.29, 0.717) is 0 Å². The number of aromatic amines is 1. The number of H-pyrrole nitrogens is 1. The van der Waals surface area contributed by atoms with Gasteiger partial charge in [-0.1, -0.05) is 0 Å². The third-order valence-electron chi connectivity index (χ3n) is 4.78. The lowest BCUT2D eigenvalue weighted by Gasteiger charge is -2.12. The number of carbonyl (C=O) groups excluding carboxylic acids is 1. The predicted octanol–water partition coefficient (Wildman–Crippen LogP) is 2.88. The zero-order valence-corrected chi connectivity index (χ0v) is 13.7. The summed E-state index contributed by atoms with van der Waals surface area (Å²) in [5, 5.41) is 9.98. The van der Waals surface area contributed by atoms with Gasteiger partial charge >= 0.3 is 0 Å². The number of hydrogen-bond acceptors (Lipinski definition) is 3. The minimum Gasteiger partial charge on any atom is -0.326 e. The van der Waals surface area contributed by atoms with Gasteiger partial charge in [-0.05, 0) is 56.5 Å². The van der Waals surface area contributed by atoms with Crippen molar-refractivity contribution in [2.24, 2.45) is 0 Å². The van der Waals surface area contributed by atoms with Crippen LogP contribution in [-0.4, -0.2) is 25.7 Å². The molecule has 1 aliphatic carbocycles. The first-order chi connectivity index (χ1) is 11.6. The van der Waals surface area contributed by atoms with Crippen molar-refractivity contribution in [1.82, 2.24) is 19.7 Å². The van der Waals surface area contributed by atoms with E-state index < -0.39 is 0 Å². The molecule has 0 saturated carbocycles. The molecule has 1 unspecified atom stereocenters. The van der Waals surface area contributed by atoms with E-state index in [9.17, 15) is 4.79 Å². The molecule has 122 valence electrons. The number of rotatable bonds is 3. The molecule has 6 heteroatoms. The second-order valence-electron chi connectivity index (χ2n) is 6.22. The lowest BCUT2D eigenvalue weighted by molar-refractivity contribution is -0.117. The lowest BCUT2D eigenvalue weighted by Crippen LogP contribution is -2.19. The summed E-state index contributed by atoms with van der Waals surface area (Å²) in [5.74, 6) is -0.124. The molecule has 0 bridgehead atoms. The molecule has 2 aromatic heterocycles. The number of benzene rings is 1. The minimum absolute atomic E-state index is 0.0143. The molecule has 6 nitrogen and oxygen atoms in total. The summed E-state index contributed by atoms with van der Waals surface area (Å²) in [4.78, 5) is 16.8. The molecular weight excluding hydrogens is 302 g/mol. The maximum absolute atomic E-state index is 12.5. The Labute approximate surface area is 139 Å². The van der Waals surface area contributed by atoms with Crippen LogP contribution in [0, 0.1) is 13.8 Å². The molecule has 1 amide bonds. The average Bonchev–Trinajstić information content (AvgIpc) is 3.26. The van der Waals surface area contributed by atoms with Crippen LogP contribution in [0.25, 0.3) is 5.69 Å². The number of nitrogens with zero attached hydrogens (tertiary/aromatic N) is 3. The van der Waals surface area contributed by atoms with Gasteiger partial charge in [0.05, 0.1) is 29.8 Å². The number of aromatic nitrogens is 4. The number of imidazole rings is 1. The van der Waals surface area contributed by atoms with E-state index in [2.05, 4.69) is 20.5 Å². The molecule has 2 N–H and O–H groups in total. The average molecular weight is 321 g/mol. The van der Waals surface area contributed by atoms with Gasteiger partial charge in [-0.25, -0.2) is 4.98 Å². The predicted molar refractivity (Wildman–Crippen MR) is 91.3 cm³/mol. The standard InChI is InChI=1S/C18H19N5O/c1-11-12(2)23(10-19-11)15-6-4-14(5-7-15)21-18(24)16-8-3-13-9-20-22-17(13)16/h4-7,9-10,16H,3,8H2,1-2H3,(H,20,22)(H,21,24). The summed E-state index contributed by atoms with van der Waals surface area (Å²) in [7, 11) is 0. The molecule has 1 aromatic carbocycles. The van der Waals surface area contributed by atoms with E-state index in [1.54, 1.807) is 0 Å². The number of carbonyl (C=O) groups is 1. The van der Waals surface area contributed by atoms with Gasteiger partial charge in [0, 0.05) is 17.1 Å². The van der Waals surface area contributed by atoms with Gasteiger partial charge in [-0.15, -0.1) is 0 Å². The van der Waals surface area contributed by atoms with Gasteiger partial charge in [0.2, 0.25) is 5.91 Å². The van der Waals surface area contributed by atoms with Crippen molar-refractivity contribution in [2.45, 2.75) is 32.6 Å². The Bertz CT molecular complexity index is 891. The van der Waals surface area contributed by atoms with Crippen LogP contribution in [0.5, 0.6) is 0 Å². The zero-order chi connectivity index (χ0) is 16.7. The van der Waals surface area contributed by atoms with E-state index in [1.807, 2.05) is 55.2 Å².